The van der Waals surface area contributed by atoms with Gasteiger partial charge in [-0.1, -0.05) is 6.07 Å². The lowest BCUT2D eigenvalue weighted by atomic mass is 10.1. The number of halogens is 3. The number of fused-ring (bicyclic) bond motifs is 1. The maximum atomic E-state index is 13.0. The molecule has 144 valence electrons. The molecule has 27 heavy (non-hydrogen) atoms. The molecule has 1 aliphatic rings. The smallest absolute Gasteiger partial charge is 0.416 e. The number of nitrogens with one attached hydrogen (secondary N) is 1. The molecule has 0 bridgehead atoms. The van der Waals surface area contributed by atoms with Crippen LogP contribution in [0.15, 0.2) is 36.4 Å². The van der Waals surface area contributed by atoms with E-state index in [1.54, 1.807) is 31.1 Å². The minimum atomic E-state index is -4.48. The molecule has 0 aromatic heterocycles. The fraction of sp³-hybridized carbons (Fsp3) is 0.316. The molecule has 0 atom stereocenters. The van der Waals surface area contributed by atoms with Crippen molar-refractivity contribution < 1.29 is 27.4 Å². The highest BCUT2D eigenvalue weighted by Gasteiger charge is 2.31. The van der Waals surface area contributed by atoms with Crippen LogP contribution in [0.1, 0.15) is 17.5 Å². The monoisotopic (exact) mass is 380 g/mol. The quantitative estimate of drug-likeness (QED) is 0.850. The molecule has 0 spiro atoms. The van der Waals surface area contributed by atoms with E-state index in [1.165, 1.54) is 6.07 Å². The van der Waals surface area contributed by atoms with Crippen molar-refractivity contribution in [3.05, 3.63) is 47.5 Å². The minimum absolute atomic E-state index is 0.128. The van der Waals surface area contributed by atoms with Gasteiger partial charge < -0.3 is 19.7 Å². The van der Waals surface area contributed by atoms with Gasteiger partial charge in [-0.3, -0.25) is 4.79 Å². The van der Waals surface area contributed by atoms with Gasteiger partial charge in [-0.25, -0.2) is 0 Å². The topological polar surface area (TPSA) is 50.8 Å². The maximum Gasteiger partial charge on any atom is 0.416 e. The Balaban J connectivity index is 1.69. The van der Waals surface area contributed by atoms with Gasteiger partial charge in [0.2, 0.25) is 12.7 Å². The van der Waals surface area contributed by atoms with E-state index >= 15 is 0 Å². The first-order chi connectivity index (χ1) is 12.7. The molecule has 2 aromatic carbocycles. The number of ether oxygens (including phenoxy) is 2. The highest BCUT2D eigenvalue weighted by molar-refractivity contribution is 5.94. The van der Waals surface area contributed by atoms with Gasteiger partial charge in [0.1, 0.15) is 0 Å². The summed E-state index contributed by atoms with van der Waals surface area (Å²) < 4.78 is 49.4. The molecule has 0 aliphatic carbocycles. The summed E-state index contributed by atoms with van der Waals surface area (Å²) in [5.41, 5.74) is 0.704. The molecule has 3 rings (SSSR count). The van der Waals surface area contributed by atoms with Crippen LogP contribution in [0.2, 0.25) is 0 Å². The SMILES string of the molecule is CN(C)c1ccc(C(F)(F)F)cc1NC(=O)CCc1ccc2c(c1)OCO2. The molecule has 1 amide bonds. The zero-order valence-corrected chi connectivity index (χ0v) is 14.9. The number of alkyl halides is 3. The number of amides is 1. The summed E-state index contributed by atoms with van der Waals surface area (Å²) in [4.78, 5) is 13.9. The largest absolute Gasteiger partial charge is 0.454 e. The van der Waals surface area contributed by atoms with Crippen LogP contribution in [0, 0.1) is 0 Å². The van der Waals surface area contributed by atoms with Crippen LogP contribution in [0.3, 0.4) is 0 Å². The third-order valence-corrected chi connectivity index (χ3v) is 4.16. The Hall–Kier alpha value is -2.90. The summed E-state index contributed by atoms with van der Waals surface area (Å²) in [5, 5.41) is 2.59. The summed E-state index contributed by atoms with van der Waals surface area (Å²) in [5.74, 6) is 0.915. The average Bonchev–Trinajstić information content (AvgIpc) is 3.06. The number of anilines is 2. The fourth-order valence-electron chi connectivity index (χ4n) is 2.77. The number of hydrogen-bond donors (Lipinski definition) is 1. The van der Waals surface area contributed by atoms with Gasteiger partial charge in [-0.2, -0.15) is 13.2 Å². The first kappa shape index (κ1) is 18.9. The summed E-state index contributed by atoms with van der Waals surface area (Å²) >= 11 is 0. The summed E-state index contributed by atoms with van der Waals surface area (Å²) in [6.07, 6.45) is -3.92. The Morgan fingerprint density at radius 1 is 1.11 bits per heavy atom. The highest BCUT2D eigenvalue weighted by atomic mass is 19.4. The maximum absolute atomic E-state index is 13.0. The lowest BCUT2D eigenvalue weighted by molar-refractivity contribution is -0.137. The third-order valence-electron chi connectivity index (χ3n) is 4.16. The third kappa shape index (κ3) is 4.45. The molecule has 8 heteroatoms. The summed E-state index contributed by atoms with van der Waals surface area (Å²) in [6, 6.07) is 8.69. The Morgan fingerprint density at radius 3 is 2.56 bits per heavy atom. The van der Waals surface area contributed by atoms with E-state index in [2.05, 4.69) is 5.32 Å². The zero-order valence-electron chi connectivity index (χ0n) is 14.9. The Bertz CT molecular complexity index is 851. The van der Waals surface area contributed by atoms with Crippen LogP contribution < -0.4 is 19.7 Å². The molecule has 0 radical (unpaired) electrons. The molecular formula is C19H19F3N2O3. The van der Waals surface area contributed by atoms with Crippen molar-refractivity contribution in [3.8, 4) is 11.5 Å². The van der Waals surface area contributed by atoms with Crippen molar-refractivity contribution in [2.75, 3.05) is 31.1 Å². The number of hydrogen-bond acceptors (Lipinski definition) is 4. The van der Waals surface area contributed by atoms with E-state index < -0.39 is 11.7 Å². The lowest BCUT2D eigenvalue weighted by Gasteiger charge is -2.20. The van der Waals surface area contributed by atoms with Gasteiger partial charge in [-0.05, 0) is 42.3 Å². The normalized spacial score (nSPS) is 12.8. The Labute approximate surface area is 154 Å². The first-order valence-corrected chi connectivity index (χ1v) is 8.31. The van der Waals surface area contributed by atoms with Gasteiger partial charge >= 0.3 is 6.18 Å². The molecule has 2 aromatic rings. The Morgan fingerprint density at radius 2 is 1.85 bits per heavy atom. The lowest BCUT2D eigenvalue weighted by Crippen LogP contribution is -2.18. The van der Waals surface area contributed by atoms with Crippen LogP contribution >= 0.6 is 0 Å². The van der Waals surface area contributed by atoms with Crippen molar-refractivity contribution in [2.24, 2.45) is 0 Å². The van der Waals surface area contributed by atoms with Crippen LogP contribution in [-0.2, 0) is 17.4 Å². The molecule has 1 heterocycles. The fourth-order valence-corrected chi connectivity index (χ4v) is 2.77. The second kappa shape index (κ2) is 7.38. The summed E-state index contributed by atoms with van der Waals surface area (Å²) in [6.45, 7) is 0.169. The predicted octanol–water partition coefficient (Wildman–Crippen LogP) is 4.07. The van der Waals surface area contributed by atoms with Gasteiger partial charge in [0.15, 0.2) is 11.5 Å². The summed E-state index contributed by atoms with van der Waals surface area (Å²) in [7, 11) is 3.40. The van der Waals surface area contributed by atoms with Crippen molar-refractivity contribution in [1.82, 2.24) is 0 Å². The molecule has 0 saturated carbocycles. The van der Waals surface area contributed by atoms with E-state index in [0.29, 0.717) is 23.6 Å². The van der Waals surface area contributed by atoms with Crippen molar-refractivity contribution in [1.29, 1.82) is 0 Å². The van der Waals surface area contributed by atoms with Crippen molar-refractivity contribution >= 4 is 17.3 Å². The number of carbonyl (C=O) groups excluding carboxylic acids is 1. The van der Waals surface area contributed by atoms with Gasteiger partial charge in [0.05, 0.1) is 16.9 Å². The van der Waals surface area contributed by atoms with Crippen LogP contribution in [0.4, 0.5) is 24.5 Å². The molecule has 1 aliphatic heterocycles. The molecule has 0 fully saturated rings. The number of carbonyl (C=O) groups is 1. The second-order valence-corrected chi connectivity index (χ2v) is 6.36. The molecule has 1 N–H and O–H groups in total. The van der Waals surface area contributed by atoms with Crippen molar-refractivity contribution in [3.63, 3.8) is 0 Å². The number of aryl methyl sites for hydroxylation is 1. The van der Waals surface area contributed by atoms with Crippen LogP contribution in [0.5, 0.6) is 11.5 Å². The van der Waals surface area contributed by atoms with E-state index in [1.807, 2.05) is 6.07 Å². The van der Waals surface area contributed by atoms with E-state index in [-0.39, 0.29) is 24.8 Å². The predicted molar refractivity (Wildman–Crippen MR) is 95.3 cm³/mol. The molecule has 0 unspecified atom stereocenters. The average molecular weight is 380 g/mol. The highest BCUT2D eigenvalue weighted by Crippen LogP contribution is 2.35. The van der Waals surface area contributed by atoms with Gasteiger partial charge in [-0.15, -0.1) is 0 Å². The van der Waals surface area contributed by atoms with Crippen LogP contribution in [0.25, 0.3) is 0 Å². The van der Waals surface area contributed by atoms with E-state index in [0.717, 1.165) is 17.7 Å². The number of nitrogens with zero attached hydrogens (tertiary/aromatic N) is 1. The van der Waals surface area contributed by atoms with E-state index in [4.69, 9.17) is 9.47 Å². The first-order valence-electron chi connectivity index (χ1n) is 8.31. The molecular weight excluding hydrogens is 361 g/mol. The van der Waals surface area contributed by atoms with Crippen molar-refractivity contribution in [2.45, 2.75) is 19.0 Å². The van der Waals surface area contributed by atoms with Crippen LogP contribution in [-0.4, -0.2) is 26.8 Å². The van der Waals surface area contributed by atoms with Gasteiger partial charge in [0.25, 0.3) is 0 Å². The van der Waals surface area contributed by atoms with Gasteiger partial charge in [0, 0.05) is 20.5 Å². The number of benzene rings is 2. The zero-order chi connectivity index (χ0) is 19.6. The molecule has 5 nitrogen and oxygen atoms in total. The van der Waals surface area contributed by atoms with E-state index in [9.17, 15) is 18.0 Å². The minimum Gasteiger partial charge on any atom is -0.454 e. The standard InChI is InChI=1S/C19H19F3N2O3/c1-24(2)15-6-5-13(19(20,21)22)10-14(15)23-18(25)8-4-12-3-7-16-17(9-12)27-11-26-16/h3,5-7,9-10H,4,8,11H2,1-2H3,(H,23,25). The molecule has 0 saturated heterocycles. The number of rotatable bonds is 5. The Kier molecular flexibility index (Phi) is 5.16. The second-order valence-electron chi connectivity index (χ2n) is 6.36.